The van der Waals surface area contributed by atoms with Crippen LogP contribution >= 0.6 is 0 Å². The van der Waals surface area contributed by atoms with Crippen molar-refractivity contribution in [1.82, 2.24) is 14.9 Å². The molecule has 0 bridgehead atoms. The van der Waals surface area contributed by atoms with E-state index in [-0.39, 0.29) is 17.8 Å². The third-order valence-corrected chi connectivity index (χ3v) is 5.61. The van der Waals surface area contributed by atoms with Crippen molar-refractivity contribution in [3.63, 3.8) is 0 Å². The maximum Gasteiger partial charge on any atom is 0.220 e. The summed E-state index contributed by atoms with van der Waals surface area (Å²) in [5.41, 5.74) is 3.27. The number of carbonyl (C=O) groups is 1. The van der Waals surface area contributed by atoms with Gasteiger partial charge in [0.2, 0.25) is 5.91 Å². The van der Waals surface area contributed by atoms with Gasteiger partial charge in [0.05, 0.1) is 6.04 Å². The Morgan fingerprint density at radius 2 is 1.96 bits per heavy atom. The van der Waals surface area contributed by atoms with Crippen LogP contribution in [-0.2, 0) is 17.8 Å². The molecule has 142 valence electrons. The summed E-state index contributed by atoms with van der Waals surface area (Å²) in [7, 11) is 0. The van der Waals surface area contributed by atoms with Gasteiger partial charge in [0, 0.05) is 37.8 Å². The van der Waals surface area contributed by atoms with E-state index in [0.29, 0.717) is 6.54 Å². The highest BCUT2D eigenvalue weighted by molar-refractivity contribution is 5.74. The van der Waals surface area contributed by atoms with Crippen molar-refractivity contribution in [3.05, 3.63) is 52.7 Å². The summed E-state index contributed by atoms with van der Waals surface area (Å²) in [6, 6.07) is 6.63. The Bertz CT molecular complexity index is 852. The Kier molecular flexibility index (Phi) is 4.81. The molecule has 4 rings (SSSR count). The molecule has 6 heteroatoms. The van der Waals surface area contributed by atoms with E-state index in [4.69, 9.17) is 9.97 Å². The van der Waals surface area contributed by atoms with Crippen molar-refractivity contribution < 1.29 is 9.18 Å². The zero-order valence-electron chi connectivity index (χ0n) is 15.9. The zero-order chi connectivity index (χ0) is 19.0. The van der Waals surface area contributed by atoms with Crippen LogP contribution < -0.4 is 4.90 Å². The lowest BCUT2D eigenvalue weighted by Crippen LogP contribution is -2.33. The van der Waals surface area contributed by atoms with E-state index in [2.05, 4.69) is 4.90 Å². The molecule has 1 aromatic heterocycles. The van der Waals surface area contributed by atoms with Crippen LogP contribution in [0.15, 0.2) is 24.3 Å². The first-order valence-electron chi connectivity index (χ1n) is 9.67. The van der Waals surface area contributed by atoms with E-state index >= 15 is 0 Å². The highest BCUT2D eigenvalue weighted by Crippen LogP contribution is 2.34. The molecule has 1 aromatic carbocycles. The van der Waals surface area contributed by atoms with Gasteiger partial charge in [0.15, 0.2) is 5.82 Å². The number of anilines is 1. The van der Waals surface area contributed by atoms with Gasteiger partial charge in [-0.2, -0.15) is 0 Å². The number of hydrogen-bond acceptors (Lipinski definition) is 4. The summed E-state index contributed by atoms with van der Waals surface area (Å²) in [4.78, 5) is 25.8. The first kappa shape index (κ1) is 17.9. The summed E-state index contributed by atoms with van der Waals surface area (Å²) in [5.74, 6) is 1.59. The lowest BCUT2D eigenvalue weighted by molar-refractivity contribution is -0.129. The van der Waals surface area contributed by atoms with Crippen LogP contribution in [0.25, 0.3) is 0 Å². The topological polar surface area (TPSA) is 49.3 Å². The van der Waals surface area contributed by atoms with Crippen molar-refractivity contribution in [2.75, 3.05) is 18.0 Å². The molecule has 27 heavy (non-hydrogen) atoms. The van der Waals surface area contributed by atoms with Crippen molar-refractivity contribution >= 4 is 11.7 Å². The first-order valence-corrected chi connectivity index (χ1v) is 9.67. The molecular formula is C21H25FN4O. The molecule has 3 heterocycles. The van der Waals surface area contributed by atoms with Crippen molar-refractivity contribution in [2.24, 2.45) is 0 Å². The summed E-state index contributed by atoms with van der Waals surface area (Å²) in [6.07, 6.45) is 3.93. The molecule has 5 nitrogen and oxygen atoms in total. The molecule has 1 fully saturated rings. The summed E-state index contributed by atoms with van der Waals surface area (Å²) in [5, 5.41) is 0. The highest BCUT2D eigenvalue weighted by Gasteiger charge is 2.32. The number of amides is 1. The van der Waals surface area contributed by atoms with Crippen molar-refractivity contribution in [2.45, 2.75) is 52.1 Å². The number of nitrogens with zero attached hydrogens (tertiary/aromatic N) is 4. The quantitative estimate of drug-likeness (QED) is 0.831. The number of hydrogen-bond donors (Lipinski definition) is 0. The van der Waals surface area contributed by atoms with Gasteiger partial charge in [-0.3, -0.25) is 4.79 Å². The van der Waals surface area contributed by atoms with Gasteiger partial charge in [-0.15, -0.1) is 0 Å². The first-order chi connectivity index (χ1) is 13.0. The number of rotatable bonds is 3. The number of benzene rings is 1. The van der Waals surface area contributed by atoms with Crippen LogP contribution in [0.5, 0.6) is 0 Å². The van der Waals surface area contributed by atoms with Gasteiger partial charge < -0.3 is 9.80 Å². The largest absolute Gasteiger partial charge is 0.352 e. The zero-order valence-corrected chi connectivity index (χ0v) is 15.9. The van der Waals surface area contributed by atoms with Crippen molar-refractivity contribution in [1.29, 1.82) is 0 Å². The normalized spacial score (nSPS) is 19.3. The fraction of sp³-hybridized carbons (Fsp3) is 0.476. The summed E-state index contributed by atoms with van der Waals surface area (Å²) >= 11 is 0. The molecule has 0 radical (unpaired) electrons. The van der Waals surface area contributed by atoms with E-state index in [9.17, 15) is 9.18 Å². The maximum atomic E-state index is 13.2. The Morgan fingerprint density at radius 1 is 1.19 bits per heavy atom. The molecule has 0 N–H and O–H groups in total. The Labute approximate surface area is 159 Å². The minimum atomic E-state index is -0.219. The van der Waals surface area contributed by atoms with Crippen LogP contribution in [0, 0.1) is 12.7 Å². The highest BCUT2D eigenvalue weighted by atomic mass is 19.1. The van der Waals surface area contributed by atoms with Crippen molar-refractivity contribution in [3.8, 4) is 0 Å². The standard InChI is InChI=1S/C21H25FN4O/c1-14-18-5-3-11-25(13-16-7-9-17(22)10-8-16)21(18)24-20(23-14)19-6-4-12-26(19)15(2)27/h7-10,19H,3-6,11-13H2,1-2H3/t19-/m1/s1. The van der Waals surface area contributed by atoms with E-state index in [1.54, 1.807) is 6.92 Å². The molecule has 1 amide bonds. The molecule has 0 unspecified atom stereocenters. The smallest absolute Gasteiger partial charge is 0.220 e. The molecule has 1 atom stereocenters. The van der Waals surface area contributed by atoms with Crippen LogP contribution in [0.3, 0.4) is 0 Å². The maximum absolute atomic E-state index is 13.2. The second kappa shape index (κ2) is 7.25. The minimum absolute atomic E-state index is 0.0268. The number of likely N-dealkylation sites (tertiary alicyclic amines) is 1. The molecule has 2 aliphatic heterocycles. The Morgan fingerprint density at radius 3 is 2.70 bits per heavy atom. The van der Waals surface area contributed by atoms with Crippen LogP contribution in [-0.4, -0.2) is 33.9 Å². The van der Waals surface area contributed by atoms with Gasteiger partial charge in [0.1, 0.15) is 11.6 Å². The lowest BCUT2D eigenvalue weighted by Gasteiger charge is -2.32. The third kappa shape index (κ3) is 3.53. The average molecular weight is 368 g/mol. The summed E-state index contributed by atoms with van der Waals surface area (Å²) in [6.45, 7) is 6.05. The second-order valence-corrected chi connectivity index (χ2v) is 7.49. The predicted molar refractivity (Wildman–Crippen MR) is 102 cm³/mol. The number of carbonyl (C=O) groups excluding carboxylic acids is 1. The van der Waals surface area contributed by atoms with E-state index in [1.807, 2.05) is 24.0 Å². The SMILES string of the molecule is CC(=O)N1CCC[C@@H]1c1nc(C)c2c(n1)N(Cc1ccc(F)cc1)CCC2. The number of fused-ring (bicyclic) bond motifs is 1. The minimum Gasteiger partial charge on any atom is -0.352 e. The molecule has 2 aromatic rings. The molecule has 0 aliphatic carbocycles. The van der Waals surface area contributed by atoms with Crippen LogP contribution in [0.1, 0.15) is 54.9 Å². The Hall–Kier alpha value is -2.50. The second-order valence-electron chi connectivity index (χ2n) is 7.49. The Balaban J connectivity index is 1.67. The van der Waals surface area contributed by atoms with E-state index in [1.165, 1.54) is 17.7 Å². The van der Waals surface area contributed by atoms with Gasteiger partial charge in [-0.25, -0.2) is 14.4 Å². The monoisotopic (exact) mass is 368 g/mol. The fourth-order valence-electron chi connectivity index (χ4n) is 4.23. The molecule has 0 saturated carbocycles. The number of aryl methyl sites for hydroxylation is 1. The molecule has 0 spiro atoms. The van der Waals surface area contributed by atoms with Gasteiger partial charge in [0.25, 0.3) is 0 Å². The van der Waals surface area contributed by atoms with Gasteiger partial charge in [-0.1, -0.05) is 12.1 Å². The molecular weight excluding hydrogens is 343 g/mol. The predicted octanol–water partition coefficient (Wildman–Crippen LogP) is 3.56. The third-order valence-electron chi connectivity index (χ3n) is 5.61. The lowest BCUT2D eigenvalue weighted by atomic mass is 10.0. The average Bonchev–Trinajstić information content (AvgIpc) is 3.14. The van der Waals surface area contributed by atoms with Crippen LogP contribution in [0.2, 0.25) is 0 Å². The van der Waals surface area contributed by atoms with Gasteiger partial charge >= 0.3 is 0 Å². The fourth-order valence-corrected chi connectivity index (χ4v) is 4.23. The number of aromatic nitrogens is 2. The molecule has 2 aliphatic rings. The van der Waals surface area contributed by atoms with Crippen LogP contribution in [0.4, 0.5) is 10.2 Å². The summed E-state index contributed by atoms with van der Waals surface area (Å²) < 4.78 is 13.2. The molecule has 1 saturated heterocycles. The van der Waals surface area contributed by atoms with E-state index in [0.717, 1.165) is 61.7 Å². The van der Waals surface area contributed by atoms with E-state index < -0.39 is 0 Å². The van der Waals surface area contributed by atoms with Gasteiger partial charge in [-0.05, 0) is 50.3 Å². The number of halogens is 1.